The van der Waals surface area contributed by atoms with Crippen molar-refractivity contribution >= 4 is 17.9 Å². The smallest absolute Gasteiger partial charge is 0.444 e. The summed E-state index contributed by atoms with van der Waals surface area (Å²) in [6.45, 7) is 7.98. The molecule has 0 bridgehead atoms. The fraction of sp³-hybridized carbons (Fsp3) is 0.593. The van der Waals surface area contributed by atoms with Gasteiger partial charge in [0.15, 0.2) is 0 Å². The molecule has 1 N–H and O–H groups in total. The molecule has 0 spiro atoms. The lowest BCUT2D eigenvalue weighted by Crippen LogP contribution is -2.66. The first kappa shape index (κ1) is 27.9. The zero-order chi connectivity index (χ0) is 29.0. The molecule has 3 heterocycles. The van der Waals surface area contributed by atoms with Gasteiger partial charge in [0.2, 0.25) is 11.7 Å². The van der Waals surface area contributed by atoms with Crippen molar-refractivity contribution in [3.05, 3.63) is 35.2 Å². The first-order chi connectivity index (χ1) is 18.6. The third-order valence-electron chi connectivity index (χ3n) is 7.59. The van der Waals surface area contributed by atoms with Gasteiger partial charge in [-0.05, 0) is 52.2 Å². The summed E-state index contributed by atoms with van der Waals surface area (Å²) in [5.41, 5.74) is -0.0349. The van der Waals surface area contributed by atoms with E-state index in [1.54, 1.807) is 37.8 Å². The van der Waals surface area contributed by atoms with E-state index in [2.05, 4.69) is 20.0 Å². The normalized spacial score (nSPS) is 22.5. The molecule has 3 aliphatic rings. The zero-order valence-corrected chi connectivity index (χ0v) is 22.8. The van der Waals surface area contributed by atoms with Crippen molar-refractivity contribution in [3.8, 4) is 11.4 Å². The molecular formula is C27H32F3N5O5. The minimum atomic E-state index is -4.76. The monoisotopic (exact) mass is 563 g/mol. The Labute approximate surface area is 229 Å². The molecule has 1 aliphatic carbocycles. The van der Waals surface area contributed by atoms with Crippen LogP contribution in [0.4, 0.5) is 18.0 Å². The van der Waals surface area contributed by atoms with Crippen LogP contribution in [0.2, 0.25) is 0 Å². The standard InChI is InChI=1S/C27H32F3N5O5/c1-25(2,3)39-24(38)34-13-26(4,14-34)22(37)31-18-7-5-6-8-19(18)35-12-16-10-9-15(11-17(16)21(35)36)20-32-23(40-33-20)27(28,29)30/h9-11,18-19H,5-8,12-14H2,1-4H3,(H,31,37)/t18-,19-/m1/s1. The van der Waals surface area contributed by atoms with Crippen LogP contribution in [0.5, 0.6) is 0 Å². The highest BCUT2D eigenvalue weighted by Gasteiger charge is 2.50. The minimum Gasteiger partial charge on any atom is -0.444 e. The van der Waals surface area contributed by atoms with Crippen LogP contribution >= 0.6 is 0 Å². The van der Waals surface area contributed by atoms with Gasteiger partial charge in [-0.2, -0.15) is 18.2 Å². The molecule has 5 rings (SSSR count). The highest BCUT2D eigenvalue weighted by Crippen LogP contribution is 2.36. The number of likely N-dealkylation sites (tertiary alicyclic amines) is 1. The predicted octanol–water partition coefficient (Wildman–Crippen LogP) is 4.40. The molecule has 216 valence electrons. The summed E-state index contributed by atoms with van der Waals surface area (Å²) in [5, 5.41) is 6.56. The number of ether oxygens (including phenoxy) is 1. The molecule has 2 aromatic rings. The van der Waals surface area contributed by atoms with Crippen molar-refractivity contribution in [1.29, 1.82) is 0 Å². The van der Waals surface area contributed by atoms with Crippen molar-refractivity contribution in [2.45, 2.75) is 83.8 Å². The quantitative estimate of drug-likeness (QED) is 0.586. The second kappa shape index (κ2) is 9.77. The minimum absolute atomic E-state index is 0.173. The van der Waals surface area contributed by atoms with E-state index in [1.807, 2.05) is 6.92 Å². The number of hydrogen-bond donors (Lipinski definition) is 1. The Morgan fingerprint density at radius 1 is 1.15 bits per heavy atom. The van der Waals surface area contributed by atoms with E-state index < -0.39 is 29.2 Å². The topological polar surface area (TPSA) is 118 Å². The number of nitrogens with one attached hydrogen (secondary N) is 1. The molecule has 1 saturated heterocycles. The SMILES string of the molecule is CC(C)(C)OC(=O)N1CC(C)(C(=O)N[C@@H]2CCCC[C@H]2N2Cc3ccc(-c4noc(C(F)(F)F)n4)cc3C2=O)C1. The lowest BCUT2D eigenvalue weighted by atomic mass is 9.80. The van der Waals surface area contributed by atoms with Gasteiger partial charge >= 0.3 is 18.2 Å². The molecule has 2 fully saturated rings. The molecule has 40 heavy (non-hydrogen) atoms. The van der Waals surface area contributed by atoms with Gasteiger partial charge in [0, 0.05) is 36.8 Å². The van der Waals surface area contributed by atoms with Gasteiger partial charge in [-0.3, -0.25) is 9.59 Å². The second-order valence-corrected chi connectivity index (χ2v) is 12.1. The van der Waals surface area contributed by atoms with Crippen LogP contribution in [0.25, 0.3) is 11.4 Å². The number of benzene rings is 1. The largest absolute Gasteiger partial charge is 0.471 e. The molecule has 1 aromatic heterocycles. The van der Waals surface area contributed by atoms with E-state index in [1.165, 1.54) is 11.0 Å². The fourth-order valence-electron chi connectivity index (χ4n) is 5.58. The van der Waals surface area contributed by atoms with E-state index in [4.69, 9.17) is 4.74 Å². The maximum absolute atomic E-state index is 13.5. The van der Waals surface area contributed by atoms with Crippen LogP contribution in [-0.4, -0.2) is 68.6 Å². The fourth-order valence-corrected chi connectivity index (χ4v) is 5.58. The summed E-state index contributed by atoms with van der Waals surface area (Å²) in [7, 11) is 0. The Morgan fingerprint density at radius 2 is 1.85 bits per heavy atom. The van der Waals surface area contributed by atoms with Gasteiger partial charge < -0.3 is 24.4 Å². The first-order valence-electron chi connectivity index (χ1n) is 13.3. The van der Waals surface area contributed by atoms with Crippen LogP contribution in [0.3, 0.4) is 0 Å². The Kier molecular flexibility index (Phi) is 6.82. The third-order valence-corrected chi connectivity index (χ3v) is 7.59. The lowest BCUT2D eigenvalue weighted by Gasteiger charge is -2.48. The van der Waals surface area contributed by atoms with Gasteiger partial charge in [-0.1, -0.05) is 30.1 Å². The lowest BCUT2D eigenvalue weighted by molar-refractivity contribution is -0.159. The maximum Gasteiger partial charge on any atom is 0.471 e. The molecular weight excluding hydrogens is 531 g/mol. The second-order valence-electron chi connectivity index (χ2n) is 12.1. The van der Waals surface area contributed by atoms with E-state index in [0.29, 0.717) is 24.9 Å². The Morgan fingerprint density at radius 3 is 2.50 bits per heavy atom. The summed E-state index contributed by atoms with van der Waals surface area (Å²) >= 11 is 0. The molecule has 0 radical (unpaired) electrons. The number of amides is 3. The van der Waals surface area contributed by atoms with Gasteiger partial charge in [0.25, 0.3) is 5.91 Å². The molecule has 2 aliphatic heterocycles. The van der Waals surface area contributed by atoms with Gasteiger partial charge in [0.05, 0.1) is 11.5 Å². The van der Waals surface area contributed by atoms with Crippen molar-refractivity contribution in [3.63, 3.8) is 0 Å². The predicted molar refractivity (Wildman–Crippen MR) is 135 cm³/mol. The molecule has 0 unspecified atom stereocenters. The van der Waals surface area contributed by atoms with E-state index in [0.717, 1.165) is 18.4 Å². The number of rotatable bonds is 4. The van der Waals surface area contributed by atoms with E-state index >= 15 is 0 Å². The summed E-state index contributed by atoms with van der Waals surface area (Å²) in [6.07, 6.45) is -2.01. The van der Waals surface area contributed by atoms with E-state index in [9.17, 15) is 27.6 Å². The number of alkyl halides is 3. The summed E-state index contributed by atoms with van der Waals surface area (Å²) in [4.78, 5) is 45.8. The average Bonchev–Trinajstić information content (AvgIpc) is 3.46. The van der Waals surface area contributed by atoms with E-state index in [-0.39, 0.29) is 48.4 Å². The highest BCUT2D eigenvalue weighted by atomic mass is 19.4. The summed E-state index contributed by atoms with van der Waals surface area (Å²) in [5.74, 6) is -2.13. The van der Waals surface area contributed by atoms with Crippen molar-refractivity contribution < 1.29 is 36.8 Å². The van der Waals surface area contributed by atoms with Crippen LogP contribution in [0.15, 0.2) is 22.7 Å². The molecule has 1 saturated carbocycles. The molecule has 13 heteroatoms. The zero-order valence-electron chi connectivity index (χ0n) is 22.8. The summed E-state index contributed by atoms with van der Waals surface area (Å²) < 4.78 is 48.4. The van der Waals surface area contributed by atoms with Crippen LogP contribution in [0, 0.1) is 5.41 Å². The van der Waals surface area contributed by atoms with Crippen molar-refractivity contribution in [1.82, 2.24) is 25.3 Å². The van der Waals surface area contributed by atoms with Crippen molar-refractivity contribution in [2.75, 3.05) is 13.1 Å². The maximum atomic E-state index is 13.5. The Bertz CT molecular complexity index is 1330. The molecule has 1 aromatic carbocycles. The van der Waals surface area contributed by atoms with Crippen LogP contribution < -0.4 is 5.32 Å². The number of nitrogens with zero attached hydrogens (tertiary/aromatic N) is 4. The van der Waals surface area contributed by atoms with Crippen molar-refractivity contribution in [2.24, 2.45) is 5.41 Å². The number of aromatic nitrogens is 2. The molecule has 10 nitrogen and oxygen atoms in total. The average molecular weight is 564 g/mol. The van der Waals surface area contributed by atoms with Crippen LogP contribution in [0.1, 0.15) is 75.2 Å². The van der Waals surface area contributed by atoms with Gasteiger partial charge in [-0.25, -0.2) is 4.79 Å². The summed E-state index contributed by atoms with van der Waals surface area (Å²) in [6, 6.07) is 4.23. The Balaban J connectivity index is 1.26. The molecule has 2 atom stereocenters. The van der Waals surface area contributed by atoms with Gasteiger partial charge in [-0.15, -0.1) is 0 Å². The number of carbonyl (C=O) groups excluding carboxylic acids is 3. The van der Waals surface area contributed by atoms with Crippen LogP contribution in [-0.2, 0) is 22.3 Å². The number of halogens is 3. The highest BCUT2D eigenvalue weighted by molar-refractivity contribution is 5.99. The number of fused-ring (bicyclic) bond motifs is 1. The third kappa shape index (κ3) is 5.37. The van der Waals surface area contributed by atoms with Gasteiger partial charge in [0.1, 0.15) is 5.60 Å². The Hall–Kier alpha value is -3.64. The molecule has 3 amide bonds. The number of hydrogen-bond acceptors (Lipinski definition) is 7. The first-order valence-corrected chi connectivity index (χ1v) is 13.3. The number of carbonyl (C=O) groups is 3.